The molecule has 1 aliphatic carbocycles. The monoisotopic (exact) mass is 157 g/mol. The number of thioether (sulfide) groups is 1. The van der Waals surface area contributed by atoms with E-state index >= 15 is 0 Å². The third-order valence-electron chi connectivity index (χ3n) is 2.41. The summed E-state index contributed by atoms with van der Waals surface area (Å²) >= 11 is 1.78. The summed E-state index contributed by atoms with van der Waals surface area (Å²) in [7, 11) is 0. The van der Waals surface area contributed by atoms with E-state index in [1.807, 2.05) is 0 Å². The van der Waals surface area contributed by atoms with Gasteiger partial charge in [-0.2, -0.15) is 0 Å². The number of fused-ring (bicyclic) bond motifs is 3. The van der Waals surface area contributed by atoms with Gasteiger partial charge in [0.05, 0.1) is 0 Å². The van der Waals surface area contributed by atoms with E-state index in [1.54, 1.807) is 11.8 Å². The first-order chi connectivity index (χ1) is 4.90. The van der Waals surface area contributed by atoms with Crippen LogP contribution in [-0.2, 0) is 0 Å². The number of rotatable bonds is 0. The van der Waals surface area contributed by atoms with Crippen LogP contribution < -0.4 is 0 Å². The number of hydrogen-bond donors (Lipinski definition) is 1. The van der Waals surface area contributed by atoms with Gasteiger partial charge in [0.15, 0.2) is 0 Å². The van der Waals surface area contributed by atoms with Crippen molar-refractivity contribution < 1.29 is 5.21 Å². The van der Waals surface area contributed by atoms with Crippen molar-refractivity contribution >= 4 is 16.8 Å². The maximum Gasteiger partial charge on any atom is 0.116 e. The van der Waals surface area contributed by atoms with Crippen molar-refractivity contribution in [3.63, 3.8) is 0 Å². The molecular formula is C7H11NOS. The van der Waals surface area contributed by atoms with Crippen LogP contribution in [0.1, 0.15) is 25.7 Å². The van der Waals surface area contributed by atoms with Crippen molar-refractivity contribution in [3.8, 4) is 0 Å². The van der Waals surface area contributed by atoms with E-state index in [9.17, 15) is 0 Å². The van der Waals surface area contributed by atoms with Gasteiger partial charge < -0.3 is 5.21 Å². The molecule has 10 heavy (non-hydrogen) atoms. The Morgan fingerprint density at radius 1 is 1.30 bits per heavy atom. The Bertz CT molecular complexity index is 161. The predicted molar refractivity (Wildman–Crippen MR) is 42.6 cm³/mol. The highest BCUT2D eigenvalue weighted by Crippen LogP contribution is 2.42. The summed E-state index contributed by atoms with van der Waals surface area (Å²) in [6.07, 6.45) is 5.15. The maximum atomic E-state index is 8.58. The molecule has 0 spiro atoms. The molecule has 1 N–H and O–H groups in total. The summed E-state index contributed by atoms with van der Waals surface area (Å²) in [5.74, 6) is 0.597. The summed E-state index contributed by atoms with van der Waals surface area (Å²) in [5, 5.41) is 13.6. The minimum absolute atomic E-state index is 0.597. The minimum Gasteiger partial charge on any atom is -0.410 e. The molecule has 0 atom stereocenters. The fourth-order valence-corrected chi connectivity index (χ4v) is 3.12. The Labute approximate surface area is 64.7 Å². The van der Waals surface area contributed by atoms with Gasteiger partial charge in [-0.05, 0) is 25.7 Å². The van der Waals surface area contributed by atoms with E-state index in [-0.39, 0.29) is 0 Å². The van der Waals surface area contributed by atoms with Crippen LogP contribution in [-0.4, -0.2) is 15.5 Å². The zero-order valence-electron chi connectivity index (χ0n) is 5.79. The highest BCUT2D eigenvalue weighted by atomic mass is 32.2. The SMILES string of the molecule is O/N=C1/SC2CCC1CC2. The van der Waals surface area contributed by atoms with Crippen LogP contribution in [0.15, 0.2) is 5.16 Å². The first-order valence-corrected chi connectivity index (χ1v) is 4.66. The molecule has 1 saturated carbocycles. The smallest absolute Gasteiger partial charge is 0.116 e. The molecule has 0 unspecified atom stereocenters. The summed E-state index contributed by atoms with van der Waals surface area (Å²) < 4.78 is 0. The molecular weight excluding hydrogens is 146 g/mol. The molecule has 3 fully saturated rings. The third-order valence-corrected chi connectivity index (χ3v) is 3.87. The second-order valence-corrected chi connectivity index (χ2v) is 4.35. The first-order valence-electron chi connectivity index (χ1n) is 3.79. The number of hydrogen-bond acceptors (Lipinski definition) is 3. The fourth-order valence-electron chi connectivity index (χ4n) is 1.80. The van der Waals surface area contributed by atoms with Crippen molar-refractivity contribution in [3.05, 3.63) is 0 Å². The van der Waals surface area contributed by atoms with Crippen LogP contribution in [0.5, 0.6) is 0 Å². The summed E-state index contributed by atoms with van der Waals surface area (Å²) in [6, 6.07) is 0. The molecule has 0 amide bonds. The van der Waals surface area contributed by atoms with Gasteiger partial charge in [0.25, 0.3) is 0 Å². The van der Waals surface area contributed by atoms with E-state index in [0.717, 1.165) is 10.3 Å². The number of oxime groups is 1. The van der Waals surface area contributed by atoms with Gasteiger partial charge in [-0.3, -0.25) is 0 Å². The molecule has 2 heterocycles. The Morgan fingerprint density at radius 3 is 2.30 bits per heavy atom. The molecule has 2 bridgehead atoms. The highest BCUT2D eigenvalue weighted by Gasteiger charge is 2.33. The van der Waals surface area contributed by atoms with E-state index in [4.69, 9.17) is 5.21 Å². The minimum atomic E-state index is 0.597. The molecule has 0 aromatic carbocycles. The van der Waals surface area contributed by atoms with Crippen LogP contribution in [0.2, 0.25) is 0 Å². The van der Waals surface area contributed by atoms with Gasteiger partial charge in [-0.15, -0.1) is 11.8 Å². The van der Waals surface area contributed by atoms with Gasteiger partial charge in [0, 0.05) is 11.2 Å². The van der Waals surface area contributed by atoms with Crippen LogP contribution in [0.3, 0.4) is 0 Å². The predicted octanol–water partition coefficient (Wildman–Crippen LogP) is 2.08. The molecule has 3 rings (SSSR count). The van der Waals surface area contributed by atoms with Gasteiger partial charge in [-0.1, -0.05) is 5.16 Å². The summed E-state index contributed by atoms with van der Waals surface area (Å²) in [6.45, 7) is 0. The molecule has 56 valence electrons. The normalized spacial score (nSPS) is 42.6. The molecule has 2 nitrogen and oxygen atoms in total. The summed E-state index contributed by atoms with van der Waals surface area (Å²) in [5.41, 5.74) is 0. The van der Waals surface area contributed by atoms with Crippen molar-refractivity contribution in [1.29, 1.82) is 0 Å². The van der Waals surface area contributed by atoms with Crippen LogP contribution in [0, 0.1) is 5.92 Å². The zero-order chi connectivity index (χ0) is 6.97. The zero-order valence-corrected chi connectivity index (χ0v) is 6.60. The van der Waals surface area contributed by atoms with Gasteiger partial charge in [0.1, 0.15) is 5.04 Å². The topological polar surface area (TPSA) is 32.6 Å². The Morgan fingerprint density at radius 2 is 2.00 bits per heavy atom. The molecule has 0 radical (unpaired) electrons. The molecule has 3 aliphatic rings. The van der Waals surface area contributed by atoms with E-state index < -0.39 is 0 Å². The first kappa shape index (κ1) is 6.53. The fraction of sp³-hybridized carbons (Fsp3) is 0.857. The van der Waals surface area contributed by atoms with Gasteiger partial charge in [0.2, 0.25) is 0 Å². The Hall–Kier alpha value is -0.180. The molecule has 2 saturated heterocycles. The maximum absolute atomic E-state index is 8.58. The lowest BCUT2D eigenvalue weighted by Gasteiger charge is -2.35. The molecule has 0 aromatic rings. The lowest BCUT2D eigenvalue weighted by molar-refractivity contribution is 0.311. The van der Waals surface area contributed by atoms with E-state index in [0.29, 0.717) is 5.92 Å². The van der Waals surface area contributed by atoms with Crippen LogP contribution in [0.4, 0.5) is 0 Å². The third kappa shape index (κ3) is 0.926. The highest BCUT2D eigenvalue weighted by molar-refractivity contribution is 8.14. The quantitative estimate of drug-likeness (QED) is 0.431. The van der Waals surface area contributed by atoms with E-state index in [1.165, 1.54) is 25.7 Å². The summed E-state index contributed by atoms with van der Waals surface area (Å²) in [4.78, 5) is 0. The lowest BCUT2D eigenvalue weighted by Crippen LogP contribution is -2.29. The lowest BCUT2D eigenvalue weighted by atomic mass is 9.89. The van der Waals surface area contributed by atoms with E-state index in [2.05, 4.69) is 5.16 Å². The molecule has 2 aliphatic heterocycles. The largest absolute Gasteiger partial charge is 0.410 e. The van der Waals surface area contributed by atoms with Gasteiger partial charge >= 0.3 is 0 Å². The second-order valence-electron chi connectivity index (χ2n) is 3.03. The second kappa shape index (κ2) is 2.46. The number of nitrogens with zero attached hydrogens (tertiary/aromatic N) is 1. The Kier molecular flexibility index (Phi) is 1.60. The molecule has 3 heteroatoms. The van der Waals surface area contributed by atoms with Crippen molar-refractivity contribution in [1.82, 2.24) is 0 Å². The standard InChI is InChI=1S/C7H11NOS/c9-8-7-5-1-3-6(10-7)4-2-5/h5-6,9H,1-4H2/b8-7+. The van der Waals surface area contributed by atoms with Gasteiger partial charge in [-0.25, -0.2) is 0 Å². The van der Waals surface area contributed by atoms with Crippen LogP contribution in [0.25, 0.3) is 0 Å². The Balaban J connectivity index is 2.15. The average molecular weight is 157 g/mol. The molecule has 0 aromatic heterocycles. The average Bonchev–Trinajstić information content (AvgIpc) is 2.06. The van der Waals surface area contributed by atoms with Crippen molar-refractivity contribution in [2.24, 2.45) is 11.1 Å². The van der Waals surface area contributed by atoms with Crippen LogP contribution >= 0.6 is 11.8 Å². The van der Waals surface area contributed by atoms with Crippen molar-refractivity contribution in [2.45, 2.75) is 30.9 Å². The van der Waals surface area contributed by atoms with Crippen molar-refractivity contribution in [2.75, 3.05) is 0 Å².